The smallest absolute Gasteiger partial charge is 0.258 e. The summed E-state index contributed by atoms with van der Waals surface area (Å²) in [4.78, 5) is 11.8. The molecule has 0 fully saturated rings. The largest absolute Gasteiger partial charge is 0.497 e. The maximum Gasteiger partial charge on any atom is 0.258 e. The van der Waals surface area contributed by atoms with Crippen molar-refractivity contribution in [1.29, 1.82) is 0 Å². The van der Waals surface area contributed by atoms with Gasteiger partial charge in [0.2, 0.25) is 5.95 Å². The van der Waals surface area contributed by atoms with Crippen molar-refractivity contribution in [3.8, 4) is 5.75 Å². The Balaban J connectivity index is 2.12. The van der Waals surface area contributed by atoms with Gasteiger partial charge in [-0.2, -0.15) is 0 Å². The van der Waals surface area contributed by atoms with E-state index in [0.717, 1.165) is 0 Å². The third-order valence-electron chi connectivity index (χ3n) is 2.20. The van der Waals surface area contributed by atoms with E-state index in [1.165, 1.54) is 4.68 Å². The van der Waals surface area contributed by atoms with Crippen LogP contribution in [0.1, 0.15) is 10.4 Å². The number of rotatable bonds is 3. The number of aromatic nitrogens is 4. The molecule has 0 aliphatic carbocycles. The van der Waals surface area contributed by atoms with Crippen LogP contribution in [0.25, 0.3) is 0 Å². The van der Waals surface area contributed by atoms with E-state index >= 15 is 0 Å². The van der Waals surface area contributed by atoms with Gasteiger partial charge in [-0.05, 0) is 34.7 Å². The number of methoxy groups -OCH3 is 1. The molecule has 0 unspecified atom stereocenters. The molecule has 17 heavy (non-hydrogen) atoms. The Morgan fingerprint density at radius 2 is 2.06 bits per heavy atom. The molecule has 0 bridgehead atoms. The molecule has 0 aliphatic heterocycles. The minimum absolute atomic E-state index is 0.273. The number of carbonyl (C=O) groups is 1. The van der Waals surface area contributed by atoms with Gasteiger partial charge in [0.15, 0.2) is 0 Å². The Morgan fingerprint density at radius 3 is 2.59 bits per heavy atom. The zero-order valence-corrected chi connectivity index (χ0v) is 9.41. The summed E-state index contributed by atoms with van der Waals surface area (Å²) >= 11 is 0. The van der Waals surface area contributed by atoms with Crippen LogP contribution >= 0.6 is 0 Å². The highest BCUT2D eigenvalue weighted by atomic mass is 16.5. The first-order chi connectivity index (χ1) is 8.20. The molecule has 0 spiro atoms. The molecule has 1 N–H and O–H groups in total. The molecule has 1 amide bonds. The zero-order valence-electron chi connectivity index (χ0n) is 9.41. The van der Waals surface area contributed by atoms with Crippen LogP contribution in [-0.4, -0.2) is 33.2 Å². The van der Waals surface area contributed by atoms with Crippen molar-refractivity contribution < 1.29 is 9.53 Å². The Morgan fingerprint density at radius 1 is 1.35 bits per heavy atom. The Labute approximate surface area is 97.4 Å². The monoisotopic (exact) mass is 233 g/mol. The highest BCUT2D eigenvalue weighted by molar-refractivity contribution is 6.03. The number of hydrogen-bond donors (Lipinski definition) is 1. The van der Waals surface area contributed by atoms with Crippen LogP contribution in [0.5, 0.6) is 5.75 Å². The van der Waals surface area contributed by atoms with Crippen molar-refractivity contribution in [2.75, 3.05) is 12.4 Å². The van der Waals surface area contributed by atoms with Gasteiger partial charge < -0.3 is 4.74 Å². The lowest BCUT2D eigenvalue weighted by Gasteiger charge is -2.04. The fourth-order valence-electron chi connectivity index (χ4n) is 1.25. The number of nitrogens with one attached hydrogen (secondary N) is 1. The SMILES string of the molecule is COc1ccc(C(=O)Nc2nnnn2C)cc1. The average Bonchev–Trinajstić information content (AvgIpc) is 2.75. The number of aryl methyl sites for hydroxylation is 1. The minimum atomic E-state index is -0.273. The summed E-state index contributed by atoms with van der Waals surface area (Å²) in [5.41, 5.74) is 0.508. The molecule has 7 heteroatoms. The number of nitrogens with zero attached hydrogens (tertiary/aromatic N) is 4. The molecule has 0 radical (unpaired) electrons. The molecule has 1 aromatic heterocycles. The van der Waals surface area contributed by atoms with Gasteiger partial charge in [-0.1, -0.05) is 5.10 Å². The van der Waals surface area contributed by atoms with Crippen LogP contribution in [0, 0.1) is 0 Å². The van der Waals surface area contributed by atoms with Crippen LogP contribution in [-0.2, 0) is 7.05 Å². The molecule has 1 heterocycles. The van der Waals surface area contributed by atoms with E-state index in [4.69, 9.17) is 4.74 Å². The van der Waals surface area contributed by atoms with Crippen molar-refractivity contribution in [2.45, 2.75) is 0 Å². The normalized spacial score (nSPS) is 10.0. The van der Waals surface area contributed by atoms with E-state index < -0.39 is 0 Å². The van der Waals surface area contributed by atoms with Crippen LogP contribution < -0.4 is 10.1 Å². The van der Waals surface area contributed by atoms with Crippen LogP contribution in [0.3, 0.4) is 0 Å². The molecule has 0 saturated carbocycles. The summed E-state index contributed by atoms with van der Waals surface area (Å²) < 4.78 is 6.38. The summed E-state index contributed by atoms with van der Waals surface area (Å²) in [6.45, 7) is 0. The van der Waals surface area contributed by atoms with E-state index in [2.05, 4.69) is 20.8 Å². The summed E-state index contributed by atoms with van der Waals surface area (Å²) in [7, 11) is 3.21. The Bertz CT molecular complexity index is 520. The van der Waals surface area contributed by atoms with Crippen molar-refractivity contribution >= 4 is 11.9 Å². The first-order valence-electron chi connectivity index (χ1n) is 4.88. The van der Waals surface area contributed by atoms with Gasteiger partial charge >= 0.3 is 0 Å². The topological polar surface area (TPSA) is 81.9 Å². The fourth-order valence-corrected chi connectivity index (χ4v) is 1.25. The lowest BCUT2D eigenvalue weighted by Crippen LogP contribution is -2.15. The van der Waals surface area contributed by atoms with Gasteiger partial charge in [0.1, 0.15) is 5.75 Å². The van der Waals surface area contributed by atoms with Crippen molar-refractivity contribution in [3.63, 3.8) is 0 Å². The van der Waals surface area contributed by atoms with Gasteiger partial charge in [0.25, 0.3) is 5.91 Å². The molecule has 7 nitrogen and oxygen atoms in total. The number of benzene rings is 1. The zero-order chi connectivity index (χ0) is 12.3. The molecule has 0 atom stereocenters. The molecule has 2 aromatic rings. The van der Waals surface area contributed by atoms with Gasteiger partial charge in [0.05, 0.1) is 7.11 Å². The van der Waals surface area contributed by atoms with Crippen molar-refractivity contribution in [1.82, 2.24) is 20.2 Å². The number of tetrazole rings is 1. The Hall–Kier alpha value is -2.44. The van der Waals surface area contributed by atoms with Gasteiger partial charge in [-0.3, -0.25) is 10.1 Å². The second kappa shape index (κ2) is 4.60. The highest BCUT2D eigenvalue weighted by Crippen LogP contribution is 2.12. The minimum Gasteiger partial charge on any atom is -0.497 e. The van der Waals surface area contributed by atoms with E-state index in [9.17, 15) is 4.79 Å². The third-order valence-corrected chi connectivity index (χ3v) is 2.20. The molecule has 0 saturated heterocycles. The van der Waals surface area contributed by atoms with E-state index in [-0.39, 0.29) is 5.91 Å². The second-order valence-electron chi connectivity index (χ2n) is 3.31. The fraction of sp³-hybridized carbons (Fsp3) is 0.200. The summed E-state index contributed by atoms with van der Waals surface area (Å²) in [5, 5.41) is 13.3. The van der Waals surface area contributed by atoms with E-state index in [0.29, 0.717) is 17.3 Å². The average molecular weight is 233 g/mol. The van der Waals surface area contributed by atoms with E-state index in [1.807, 2.05) is 0 Å². The molecule has 2 rings (SSSR count). The first-order valence-corrected chi connectivity index (χ1v) is 4.88. The summed E-state index contributed by atoms with van der Waals surface area (Å²) in [6.07, 6.45) is 0. The van der Waals surface area contributed by atoms with Crippen LogP contribution in [0.2, 0.25) is 0 Å². The summed E-state index contributed by atoms with van der Waals surface area (Å²) in [6, 6.07) is 6.75. The van der Waals surface area contributed by atoms with Crippen LogP contribution in [0.4, 0.5) is 5.95 Å². The lowest BCUT2D eigenvalue weighted by molar-refractivity contribution is 0.102. The van der Waals surface area contributed by atoms with Gasteiger partial charge in [-0.25, -0.2) is 4.68 Å². The molecule has 1 aromatic carbocycles. The maximum atomic E-state index is 11.8. The first kappa shape index (κ1) is 11.1. The molecular weight excluding hydrogens is 222 g/mol. The lowest BCUT2D eigenvalue weighted by atomic mass is 10.2. The van der Waals surface area contributed by atoms with Crippen molar-refractivity contribution in [3.05, 3.63) is 29.8 Å². The predicted octanol–water partition coefficient (Wildman–Crippen LogP) is 0.471. The molecule has 0 aliphatic rings. The quantitative estimate of drug-likeness (QED) is 0.833. The Kier molecular flexibility index (Phi) is 2.99. The second-order valence-corrected chi connectivity index (χ2v) is 3.31. The predicted molar refractivity (Wildman–Crippen MR) is 59.7 cm³/mol. The molecular formula is C10H11N5O2. The van der Waals surface area contributed by atoms with Crippen molar-refractivity contribution in [2.24, 2.45) is 7.05 Å². The molecule has 88 valence electrons. The number of amides is 1. The third kappa shape index (κ3) is 2.39. The number of ether oxygens (including phenoxy) is 1. The number of hydrogen-bond acceptors (Lipinski definition) is 5. The van der Waals surface area contributed by atoms with Gasteiger partial charge in [0, 0.05) is 12.6 Å². The maximum absolute atomic E-state index is 11.8. The standard InChI is InChI=1S/C10H11N5O2/c1-15-10(12-13-14-15)11-9(16)7-3-5-8(17-2)6-4-7/h3-6H,1-2H3,(H,11,12,14,16). The summed E-state index contributed by atoms with van der Waals surface area (Å²) in [5.74, 6) is 0.721. The van der Waals surface area contributed by atoms with Gasteiger partial charge in [-0.15, -0.1) is 0 Å². The van der Waals surface area contributed by atoms with E-state index in [1.54, 1.807) is 38.4 Å². The number of anilines is 1. The number of carbonyl (C=O) groups excluding carboxylic acids is 1. The highest BCUT2D eigenvalue weighted by Gasteiger charge is 2.09. The van der Waals surface area contributed by atoms with Crippen LogP contribution in [0.15, 0.2) is 24.3 Å².